The highest BCUT2D eigenvalue weighted by Crippen LogP contribution is 2.42. The summed E-state index contributed by atoms with van der Waals surface area (Å²) >= 11 is 0. The fourth-order valence-corrected chi connectivity index (χ4v) is 4.02. The third-order valence-electron chi connectivity index (χ3n) is 5.47. The Labute approximate surface area is 127 Å². The Morgan fingerprint density at radius 1 is 0.905 bits per heavy atom. The average molecular weight is 292 g/mol. The van der Waals surface area contributed by atoms with E-state index in [0.29, 0.717) is 6.04 Å². The minimum Gasteiger partial charge on any atom is -0.342 e. The van der Waals surface area contributed by atoms with Crippen LogP contribution in [0.2, 0.25) is 0 Å². The monoisotopic (exact) mass is 292 g/mol. The van der Waals surface area contributed by atoms with Crippen LogP contribution in [0.25, 0.3) is 0 Å². The Kier molecular flexibility index (Phi) is 4.51. The first kappa shape index (κ1) is 14.9. The third-order valence-corrected chi connectivity index (χ3v) is 5.47. The van der Waals surface area contributed by atoms with E-state index in [1.54, 1.807) is 0 Å². The van der Waals surface area contributed by atoms with Crippen LogP contribution < -0.4 is 0 Å². The Morgan fingerprint density at radius 3 is 2.29 bits per heavy atom. The second-order valence-electron chi connectivity index (χ2n) is 6.92. The van der Waals surface area contributed by atoms with Crippen LogP contribution in [0.5, 0.6) is 0 Å². The Balaban J connectivity index is 1.56. The fourth-order valence-electron chi connectivity index (χ4n) is 4.02. The van der Waals surface area contributed by atoms with E-state index in [2.05, 4.69) is 11.8 Å². The van der Waals surface area contributed by atoms with Crippen molar-refractivity contribution in [2.24, 2.45) is 11.8 Å². The molecule has 0 aromatic carbocycles. The zero-order chi connectivity index (χ0) is 14.8. The van der Waals surface area contributed by atoms with Gasteiger partial charge in [-0.1, -0.05) is 6.92 Å². The highest BCUT2D eigenvalue weighted by molar-refractivity contribution is 5.92. The molecule has 3 aliphatic rings. The Hall–Kier alpha value is -1.06. The van der Waals surface area contributed by atoms with Gasteiger partial charge in [-0.05, 0) is 51.4 Å². The van der Waals surface area contributed by atoms with Gasteiger partial charge in [0.15, 0.2) is 0 Å². The molecule has 2 aliphatic heterocycles. The van der Waals surface area contributed by atoms with E-state index in [0.717, 1.165) is 58.2 Å². The lowest BCUT2D eigenvalue weighted by molar-refractivity contribution is -0.140. The van der Waals surface area contributed by atoms with E-state index in [-0.39, 0.29) is 23.7 Å². The minimum absolute atomic E-state index is 0.00460. The quantitative estimate of drug-likeness (QED) is 0.801. The van der Waals surface area contributed by atoms with E-state index in [1.165, 1.54) is 12.8 Å². The van der Waals surface area contributed by atoms with Crippen LogP contribution in [-0.4, -0.2) is 47.3 Å². The zero-order valence-corrected chi connectivity index (χ0v) is 13.2. The summed E-state index contributed by atoms with van der Waals surface area (Å²) in [6, 6.07) is 0.414. The maximum absolute atomic E-state index is 12.7. The first-order chi connectivity index (χ1) is 10.2. The Morgan fingerprint density at radius 2 is 1.57 bits per heavy atom. The molecule has 3 atom stereocenters. The van der Waals surface area contributed by atoms with Crippen molar-refractivity contribution in [3.05, 3.63) is 0 Å². The first-order valence-corrected chi connectivity index (χ1v) is 8.81. The van der Waals surface area contributed by atoms with E-state index in [4.69, 9.17) is 0 Å². The molecule has 0 aromatic rings. The van der Waals surface area contributed by atoms with Crippen LogP contribution in [0.1, 0.15) is 58.3 Å². The molecule has 0 N–H and O–H groups in total. The molecule has 118 valence electrons. The maximum atomic E-state index is 12.7. The molecule has 0 spiro atoms. The number of amides is 2. The van der Waals surface area contributed by atoms with Crippen LogP contribution in [-0.2, 0) is 9.59 Å². The lowest BCUT2D eigenvalue weighted by atomic mass is 9.99. The van der Waals surface area contributed by atoms with Gasteiger partial charge >= 0.3 is 0 Å². The second kappa shape index (κ2) is 6.37. The largest absolute Gasteiger partial charge is 0.342 e. The average Bonchev–Trinajstić information content (AvgIpc) is 3.35. The number of hydrogen-bond acceptors (Lipinski definition) is 2. The SMILES string of the molecule is CCC1CCCCN1C(=O)C1CC1C(=O)N1CCCCC1. The molecule has 1 aliphatic carbocycles. The number of nitrogens with zero attached hydrogens (tertiary/aromatic N) is 2. The summed E-state index contributed by atoms with van der Waals surface area (Å²) < 4.78 is 0. The molecule has 0 bridgehead atoms. The summed E-state index contributed by atoms with van der Waals surface area (Å²) in [5.41, 5.74) is 0. The van der Waals surface area contributed by atoms with Gasteiger partial charge in [0.25, 0.3) is 0 Å². The number of hydrogen-bond donors (Lipinski definition) is 0. The smallest absolute Gasteiger partial charge is 0.226 e. The molecular formula is C17H28N2O2. The summed E-state index contributed by atoms with van der Waals surface area (Å²) in [5.74, 6) is 0.497. The van der Waals surface area contributed by atoms with Crippen molar-refractivity contribution < 1.29 is 9.59 Å². The third kappa shape index (κ3) is 3.09. The van der Waals surface area contributed by atoms with Crippen LogP contribution in [0.4, 0.5) is 0 Å². The van der Waals surface area contributed by atoms with Crippen molar-refractivity contribution in [2.45, 2.75) is 64.3 Å². The topological polar surface area (TPSA) is 40.6 Å². The number of rotatable bonds is 3. The zero-order valence-electron chi connectivity index (χ0n) is 13.2. The lowest BCUT2D eigenvalue weighted by Crippen LogP contribution is -2.45. The summed E-state index contributed by atoms with van der Waals surface area (Å²) in [7, 11) is 0. The number of piperidine rings is 2. The molecule has 4 heteroatoms. The summed E-state index contributed by atoms with van der Waals surface area (Å²) in [6.07, 6.45) is 8.83. The van der Waals surface area contributed by atoms with E-state index < -0.39 is 0 Å². The van der Waals surface area contributed by atoms with Gasteiger partial charge in [-0.15, -0.1) is 0 Å². The molecule has 21 heavy (non-hydrogen) atoms. The first-order valence-electron chi connectivity index (χ1n) is 8.81. The number of likely N-dealkylation sites (tertiary alicyclic amines) is 2. The van der Waals surface area contributed by atoms with Crippen molar-refractivity contribution >= 4 is 11.8 Å². The van der Waals surface area contributed by atoms with Gasteiger partial charge in [-0.3, -0.25) is 9.59 Å². The summed E-state index contributed by atoms with van der Waals surface area (Å²) in [4.78, 5) is 29.2. The molecule has 3 unspecified atom stereocenters. The summed E-state index contributed by atoms with van der Waals surface area (Å²) in [5, 5.41) is 0. The highest BCUT2D eigenvalue weighted by Gasteiger charge is 2.51. The Bertz CT molecular complexity index is 404. The molecule has 4 nitrogen and oxygen atoms in total. The van der Waals surface area contributed by atoms with Crippen LogP contribution >= 0.6 is 0 Å². The van der Waals surface area contributed by atoms with Crippen molar-refractivity contribution in [1.82, 2.24) is 9.80 Å². The maximum Gasteiger partial charge on any atom is 0.226 e. The molecule has 3 fully saturated rings. The summed E-state index contributed by atoms with van der Waals surface area (Å²) in [6.45, 7) is 4.87. The van der Waals surface area contributed by atoms with Gasteiger partial charge < -0.3 is 9.80 Å². The van der Waals surface area contributed by atoms with Crippen molar-refractivity contribution in [3.8, 4) is 0 Å². The van der Waals surface area contributed by atoms with Gasteiger partial charge in [0.2, 0.25) is 11.8 Å². The molecule has 2 amide bonds. The van der Waals surface area contributed by atoms with Crippen molar-refractivity contribution in [2.75, 3.05) is 19.6 Å². The van der Waals surface area contributed by atoms with Crippen LogP contribution in [0, 0.1) is 11.8 Å². The fraction of sp³-hybridized carbons (Fsp3) is 0.882. The number of carbonyl (C=O) groups excluding carboxylic acids is 2. The van der Waals surface area contributed by atoms with E-state index in [9.17, 15) is 9.59 Å². The van der Waals surface area contributed by atoms with Gasteiger partial charge in [-0.25, -0.2) is 0 Å². The normalized spacial score (nSPS) is 32.9. The van der Waals surface area contributed by atoms with Crippen molar-refractivity contribution in [1.29, 1.82) is 0 Å². The molecule has 1 saturated carbocycles. The van der Waals surface area contributed by atoms with E-state index >= 15 is 0 Å². The van der Waals surface area contributed by atoms with Gasteiger partial charge in [0.1, 0.15) is 0 Å². The number of carbonyl (C=O) groups is 2. The van der Waals surface area contributed by atoms with Gasteiger partial charge in [0.05, 0.1) is 11.8 Å². The second-order valence-corrected chi connectivity index (χ2v) is 6.92. The molecule has 0 radical (unpaired) electrons. The molecule has 0 aromatic heterocycles. The van der Waals surface area contributed by atoms with Gasteiger partial charge in [0, 0.05) is 25.7 Å². The molecule has 2 heterocycles. The standard InChI is InChI=1S/C17H28N2O2/c1-2-13-8-4-7-11-19(13)17(21)15-12-14(15)16(20)18-9-5-3-6-10-18/h13-15H,2-12H2,1H3. The highest BCUT2D eigenvalue weighted by atomic mass is 16.2. The lowest BCUT2D eigenvalue weighted by Gasteiger charge is -2.35. The molecule has 3 rings (SSSR count). The van der Waals surface area contributed by atoms with Crippen molar-refractivity contribution in [3.63, 3.8) is 0 Å². The van der Waals surface area contributed by atoms with E-state index in [1.807, 2.05) is 4.90 Å². The van der Waals surface area contributed by atoms with Gasteiger partial charge in [-0.2, -0.15) is 0 Å². The predicted octanol–water partition coefficient (Wildman–Crippen LogP) is 2.43. The molecular weight excluding hydrogens is 264 g/mol. The minimum atomic E-state index is -0.00780. The van der Waals surface area contributed by atoms with Crippen LogP contribution in [0.3, 0.4) is 0 Å². The molecule has 2 saturated heterocycles. The van der Waals surface area contributed by atoms with Crippen LogP contribution in [0.15, 0.2) is 0 Å². The predicted molar refractivity (Wildman–Crippen MR) is 81.7 cm³/mol.